The van der Waals surface area contributed by atoms with Gasteiger partial charge in [0.25, 0.3) is 0 Å². The zero-order chi connectivity index (χ0) is 13.1. The first-order valence-corrected chi connectivity index (χ1v) is 6.02. The van der Waals surface area contributed by atoms with E-state index in [2.05, 4.69) is 5.32 Å². The molecule has 0 saturated carbocycles. The number of aliphatic hydroxyl groups is 1. The van der Waals surface area contributed by atoms with Crippen LogP contribution in [-0.4, -0.2) is 41.8 Å². The van der Waals surface area contributed by atoms with Crippen LogP contribution in [0.4, 0.5) is 9.18 Å². The number of nitrogens with zero attached hydrogens (tertiary/aromatic N) is 1. The first-order chi connectivity index (χ1) is 8.56. The maximum absolute atomic E-state index is 13.0. The van der Waals surface area contributed by atoms with Crippen molar-refractivity contribution in [1.82, 2.24) is 10.2 Å². The Kier molecular flexibility index (Phi) is 3.81. The first kappa shape index (κ1) is 12.8. The van der Waals surface area contributed by atoms with Gasteiger partial charge in [-0.25, -0.2) is 9.18 Å². The predicted molar refractivity (Wildman–Crippen MR) is 65.8 cm³/mol. The van der Waals surface area contributed by atoms with Crippen molar-refractivity contribution >= 4 is 6.03 Å². The third-order valence-electron chi connectivity index (χ3n) is 3.04. The number of urea groups is 1. The van der Waals surface area contributed by atoms with Crippen molar-refractivity contribution in [2.75, 3.05) is 19.6 Å². The Morgan fingerprint density at radius 1 is 1.61 bits per heavy atom. The van der Waals surface area contributed by atoms with Crippen LogP contribution in [0.15, 0.2) is 24.3 Å². The highest BCUT2D eigenvalue weighted by Crippen LogP contribution is 2.27. The van der Waals surface area contributed by atoms with E-state index >= 15 is 0 Å². The smallest absolute Gasteiger partial charge is 0.317 e. The number of halogens is 1. The van der Waals surface area contributed by atoms with Crippen molar-refractivity contribution in [2.24, 2.45) is 0 Å². The van der Waals surface area contributed by atoms with Crippen LogP contribution in [0.3, 0.4) is 0 Å². The van der Waals surface area contributed by atoms with Crippen molar-refractivity contribution in [1.29, 1.82) is 0 Å². The van der Waals surface area contributed by atoms with E-state index in [4.69, 9.17) is 5.11 Å². The van der Waals surface area contributed by atoms with Crippen molar-refractivity contribution in [3.8, 4) is 0 Å². The Bertz CT molecular complexity index is 431. The fourth-order valence-electron chi connectivity index (χ4n) is 1.96. The molecule has 2 N–H and O–H groups in total. The quantitative estimate of drug-likeness (QED) is 0.852. The van der Waals surface area contributed by atoms with E-state index in [-0.39, 0.29) is 24.3 Å². The number of hydrogen-bond acceptors (Lipinski definition) is 2. The Balaban J connectivity index is 1.81. The maximum atomic E-state index is 13.0. The van der Waals surface area contributed by atoms with Crippen LogP contribution in [0.5, 0.6) is 0 Å². The molecule has 1 fully saturated rings. The summed E-state index contributed by atoms with van der Waals surface area (Å²) in [6.45, 7) is 3.05. The minimum atomic E-state index is -0.547. The number of carbonyl (C=O) groups excluding carboxylic acids is 1. The minimum Gasteiger partial charge on any atom is -0.392 e. The van der Waals surface area contributed by atoms with Crippen LogP contribution in [0.25, 0.3) is 0 Å². The van der Waals surface area contributed by atoms with Crippen LogP contribution in [0.2, 0.25) is 0 Å². The Morgan fingerprint density at radius 3 is 2.94 bits per heavy atom. The molecule has 18 heavy (non-hydrogen) atoms. The van der Waals surface area contributed by atoms with Gasteiger partial charge >= 0.3 is 6.03 Å². The molecule has 1 heterocycles. The van der Waals surface area contributed by atoms with E-state index in [0.717, 1.165) is 5.56 Å². The van der Waals surface area contributed by atoms with Gasteiger partial charge in [-0.05, 0) is 24.6 Å². The lowest BCUT2D eigenvalue weighted by atomic mass is 9.92. The van der Waals surface area contributed by atoms with Gasteiger partial charge in [0.1, 0.15) is 5.82 Å². The lowest BCUT2D eigenvalue weighted by molar-refractivity contribution is 0.141. The molecule has 0 aromatic heterocycles. The van der Waals surface area contributed by atoms with Crippen LogP contribution in [0.1, 0.15) is 18.4 Å². The number of likely N-dealkylation sites (tertiary alicyclic amines) is 1. The molecule has 1 aliphatic heterocycles. The van der Waals surface area contributed by atoms with Gasteiger partial charge in [0.05, 0.1) is 6.10 Å². The van der Waals surface area contributed by atoms with Crippen LogP contribution in [-0.2, 0) is 0 Å². The lowest BCUT2D eigenvalue weighted by Crippen LogP contribution is -2.53. The largest absolute Gasteiger partial charge is 0.392 e. The molecule has 1 aromatic carbocycles. The van der Waals surface area contributed by atoms with Gasteiger partial charge in [0, 0.05) is 25.6 Å². The predicted octanol–water partition coefficient (Wildman–Crippen LogP) is 1.32. The van der Waals surface area contributed by atoms with Gasteiger partial charge in [-0.1, -0.05) is 12.1 Å². The summed E-state index contributed by atoms with van der Waals surface area (Å²) in [6.07, 6.45) is -0.547. The van der Waals surface area contributed by atoms with Crippen LogP contribution >= 0.6 is 0 Å². The number of benzene rings is 1. The molecule has 0 spiro atoms. The molecule has 1 saturated heterocycles. The molecular weight excluding hydrogens is 235 g/mol. The third kappa shape index (κ3) is 2.98. The second-order valence-electron chi connectivity index (χ2n) is 4.69. The van der Waals surface area contributed by atoms with Gasteiger partial charge in [-0.2, -0.15) is 0 Å². The zero-order valence-corrected chi connectivity index (χ0v) is 10.3. The fourth-order valence-corrected chi connectivity index (χ4v) is 1.96. The average molecular weight is 252 g/mol. The highest BCUT2D eigenvalue weighted by Gasteiger charge is 2.31. The third-order valence-corrected chi connectivity index (χ3v) is 3.04. The monoisotopic (exact) mass is 252 g/mol. The minimum absolute atomic E-state index is 0.177. The topological polar surface area (TPSA) is 52.6 Å². The molecule has 0 aliphatic carbocycles. The summed E-state index contributed by atoms with van der Waals surface area (Å²) in [5.74, 6) is -0.0393. The van der Waals surface area contributed by atoms with Gasteiger partial charge in [0.15, 0.2) is 0 Å². The highest BCUT2D eigenvalue weighted by atomic mass is 19.1. The Labute approximate surface area is 105 Å². The lowest BCUT2D eigenvalue weighted by Gasteiger charge is -2.39. The van der Waals surface area contributed by atoms with E-state index in [1.54, 1.807) is 17.9 Å². The van der Waals surface area contributed by atoms with Gasteiger partial charge in [-0.3, -0.25) is 0 Å². The van der Waals surface area contributed by atoms with Crippen molar-refractivity contribution in [3.63, 3.8) is 0 Å². The van der Waals surface area contributed by atoms with E-state index in [1.807, 2.05) is 6.07 Å². The molecule has 1 aliphatic rings. The van der Waals surface area contributed by atoms with E-state index in [9.17, 15) is 9.18 Å². The molecule has 1 aromatic rings. The van der Waals surface area contributed by atoms with Crippen LogP contribution < -0.4 is 5.32 Å². The molecule has 98 valence electrons. The maximum Gasteiger partial charge on any atom is 0.317 e. The zero-order valence-electron chi connectivity index (χ0n) is 10.3. The van der Waals surface area contributed by atoms with E-state index in [1.165, 1.54) is 12.1 Å². The van der Waals surface area contributed by atoms with Gasteiger partial charge in [-0.15, -0.1) is 0 Å². The SMILES string of the molecule is CC(O)CNC(=O)N1CC(c2cccc(F)c2)C1. The van der Waals surface area contributed by atoms with Gasteiger partial charge < -0.3 is 15.3 Å². The number of aliphatic hydroxyl groups excluding tert-OH is 1. The fraction of sp³-hybridized carbons (Fsp3) is 0.462. The first-order valence-electron chi connectivity index (χ1n) is 6.02. The average Bonchev–Trinajstić information content (AvgIpc) is 2.24. The van der Waals surface area contributed by atoms with Gasteiger partial charge in [0.2, 0.25) is 0 Å². The molecule has 0 bridgehead atoms. The summed E-state index contributed by atoms with van der Waals surface area (Å²) < 4.78 is 13.0. The summed E-state index contributed by atoms with van der Waals surface area (Å²) in [4.78, 5) is 13.3. The molecule has 2 amide bonds. The summed E-state index contributed by atoms with van der Waals surface area (Å²) in [6, 6.07) is 6.30. The number of rotatable bonds is 3. The summed E-state index contributed by atoms with van der Waals surface area (Å²) in [5.41, 5.74) is 0.926. The van der Waals surface area contributed by atoms with E-state index < -0.39 is 6.10 Å². The summed E-state index contributed by atoms with van der Waals surface area (Å²) in [7, 11) is 0. The number of amides is 2. The number of carbonyl (C=O) groups is 1. The molecule has 2 rings (SSSR count). The molecule has 5 heteroatoms. The highest BCUT2D eigenvalue weighted by molar-refractivity contribution is 5.75. The molecule has 4 nitrogen and oxygen atoms in total. The Hall–Kier alpha value is -1.62. The Morgan fingerprint density at radius 2 is 2.33 bits per heavy atom. The molecule has 1 unspecified atom stereocenters. The number of hydrogen-bond donors (Lipinski definition) is 2. The molecule has 1 atom stereocenters. The second-order valence-corrected chi connectivity index (χ2v) is 4.69. The van der Waals surface area contributed by atoms with E-state index in [0.29, 0.717) is 13.1 Å². The van der Waals surface area contributed by atoms with Crippen molar-refractivity contribution in [2.45, 2.75) is 18.9 Å². The summed E-state index contributed by atoms with van der Waals surface area (Å²) >= 11 is 0. The molecule has 0 radical (unpaired) electrons. The van der Waals surface area contributed by atoms with Crippen molar-refractivity contribution < 1.29 is 14.3 Å². The summed E-state index contributed by atoms with van der Waals surface area (Å²) in [5, 5.41) is 11.7. The van der Waals surface area contributed by atoms with Crippen molar-refractivity contribution in [3.05, 3.63) is 35.6 Å². The molecular formula is C13H17FN2O2. The second kappa shape index (κ2) is 5.35. The number of nitrogens with one attached hydrogen (secondary N) is 1. The standard InChI is InChI=1S/C13H17FN2O2/c1-9(17)6-15-13(18)16-7-11(8-16)10-3-2-4-12(14)5-10/h2-5,9,11,17H,6-8H2,1H3,(H,15,18). The van der Waals surface area contributed by atoms with Crippen LogP contribution in [0, 0.1) is 5.82 Å². The normalized spacial score (nSPS) is 17.2.